The summed E-state index contributed by atoms with van der Waals surface area (Å²) in [5, 5.41) is 8.58. The van der Waals surface area contributed by atoms with Gasteiger partial charge in [-0.15, -0.1) is 0 Å². The van der Waals surface area contributed by atoms with Crippen LogP contribution in [-0.4, -0.2) is 24.3 Å². The molecule has 1 aromatic carbocycles. The number of aryl methyl sites for hydroxylation is 2. The van der Waals surface area contributed by atoms with Crippen LogP contribution in [-0.2, 0) is 21.4 Å². The van der Waals surface area contributed by atoms with E-state index in [1.165, 1.54) is 16.7 Å². The topological polar surface area (TPSA) is 46.5 Å². The summed E-state index contributed by atoms with van der Waals surface area (Å²) in [5.74, 6) is -0.234. The molecule has 0 amide bonds. The van der Waals surface area contributed by atoms with Crippen LogP contribution in [0.2, 0.25) is 0 Å². The lowest BCUT2D eigenvalue weighted by Crippen LogP contribution is -2.12. The van der Waals surface area contributed by atoms with E-state index in [9.17, 15) is 4.79 Å². The number of carbonyl (C=O) groups is 1. The van der Waals surface area contributed by atoms with E-state index in [0.29, 0.717) is 6.42 Å². The van der Waals surface area contributed by atoms with Gasteiger partial charge in [0.1, 0.15) is 6.61 Å². The lowest BCUT2D eigenvalue weighted by Gasteiger charge is -2.20. The summed E-state index contributed by atoms with van der Waals surface area (Å²) in [7, 11) is 0. The molecular formula is C17H26O3. The zero-order chi connectivity index (χ0) is 15.2. The van der Waals surface area contributed by atoms with Crippen molar-refractivity contribution in [2.75, 3.05) is 13.2 Å². The molecule has 0 saturated carbocycles. The highest BCUT2D eigenvalue weighted by Gasteiger charge is 2.14. The third kappa shape index (κ3) is 5.74. The molecule has 0 unspecified atom stereocenters. The van der Waals surface area contributed by atoms with E-state index in [1.807, 2.05) is 0 Å². The highest BCUT2D eigenvalue weighted by Crippen LogP contribution is 2.25. The first-order valence-electron chi connectivity index (χ1n) is 7.20. The highest BCUT2D eigenvalue weighted by molar-refractivity contribution is 5.69. The first-order chi connectivity index (χ1) is 9.32. The minimum absolute atomic E-state index is 0.0947. The third-order valence-corrected chi connectivity index (χ3v) is 3.20. The molecule has 0 aliphatic rings. The van der Waals surface area contributed by atoms with E-state index >= 15 is 0 Å². The Bertz CT molecular complexity index is 444. The zero-order valence-corrected chi connectivity index (χ0v) is 13.0. The van der Waals surface area contributed by atoms with E-state index < -0.39 is 0 Å². The second kappa shape index (κ2) is 7.44. The molecule has 0 fully saturated rings. The zero-order valence-electron chi connectivity index (χ0n) is 13.0. The molecule has 0 aromatic heterocycles. The fourth-order valence-electron chi connectivity index (χ4n) is 2.11. The Balaban J connectivity index is 2.56. The molecule has 0 spiro atoms. The normalized spacial score (nSPS) is 11.4. The Morgan fingerprint density at radius 2 is 1.95 bits per heavy atom. The van der Waals surface area contributed by atoms with Crippen molar-refractivity contribution in [1.29, 1.82) is 0 Å². The summed E-state index contributed by atoms with van der Waals surface area (Å²) in [4.78, 5) is 11.4. The largest absolute Gasteiger partial charge is 0.463 e. The van der Waals surface area contributed by atoms with Crippen molar-refractivity contribution in [3.8, 4) is 0 Å². The van der Waals surface area contributed by atoms with Crippen molar-refractivity contribution in [2.24, 2.45) is 0 Å². The third-order valence-electron chi connectivity index (χ3n) is 3.20. The Morgan fingerprint density at radius 1 is 1.25 bits per heavy atom. The van der Waals surface area contributed by atoms with Crippen molar-refractivity contribution >= 4 is 5.97 Å². The van der Waals surface area contributed by atoms with Gasteiger partial charge in [-0.3, -0.25) is 4.79 Å². The predicted octanol–water partition coefficient (Wildman–Crippen LogP) is 3.15. The second-order valence-corrected chi connectivity index (χ2v) is 6.25. The lowest BCUT2D eigenvalue weighted by molar-refractivity contribution is -0.144. The van der Waals surface area contributed by atoms with Crippen LogP contribution in [0, 0.1) is 6.92 Å². The molecule has 3 nitrogen and oxygen atoms in total. The minimum Gasteiger partial charge on any atom is -0.463 e. The molecule has 1 rings (SSSR count). The second-order valence-electron chi connectivity index (χ2n) is 6.25. The predicted molar refractivity (Wildman–Crippen MR) is 80.9 cm³/mol. The maximum atomic E-state index is 11.4. The molecule has 1 N–H and O–H groups in total. The van der Waals surface area contributed by atoms with Crippen molar-refractivity contribution in [1.82, 2.24) is 0 Å². The van der Waals surface area contributed by atoms with Gasteiger partial charge >= 0.3 is 5.97 Å². The van der Waals surface area contributed by atoms with Gasteiger partial charge in [0.2, 0.25) is 0 Å². The summed E-state index contributed by atoms with van der Waals surface area (Å²) < 4.78 is 4.84. The van der Waals surface area contributed by atoms with Gasteiger partial charge in [-0.05, 0) is 36.3 Å². The van der Waals surface area contributed by atoms with Gasteiger partial charge in [0, 0.05) is 6.42 Å². The smallest absolute Gasteiger partial charge is 0.305 e. The van der Waals surface area contributed by atoms with Crippen LogP contribution in [0.25, 0.3) is 0 Å². The van der Waals surface area contributed by atoms with Gasteiger partial charge in [-0.1, -0.05) is 44.5 Å². The first kappa shape index (κ1) is 16.7. The van der Waals surface area contributed by atoms with Crippen LogP contribution in [0.4, 0.5) is 0 Å². The van der Waals surface area contributed by atoms with Crippen molar-refractivity contribution in [3.05, 3.63) is 34.9 Å². The van der Waals surface area contributed by atoms with Crippen LogP contribution in [0.3, 0.4) is 0 Å². The monoisotopic (exact) mass is 278 g/mol. The van der Waals surface area contributed by atoms with Crippen LogP contribution in [0.5, 0.6) is 0 Å². The number of aliphatic hydroxyl groups excluding tert-OH is 1. The van der Waals surface area contributed by atoms with Gasteiger partial charge in [-0.2, -0.15) is 0 Å². The summed E-state index contributed by atoms with van der Waals surface area (Å²) in [6.07, 6.45) is 2.05. The van der Waals surface area contributed by atoms with Gasteiger partial charge in [0.25, 0.3) is 0 Å². The molecular weight excluding hydrogens is 252 g/mol. The Hall–Kier alpha value is -1.35. The van der Waals surface area contributed by atoms with Gasteiger partial charge in [-0.25, -0.2) is 0 Å². The summed E-state index contributed by atoms with van der Waals surface area (Å²) >= 11 is 0. The fourth-order valence-corrected chi connectivity index (χ4v) is 2.11. The SMILES string of the molecule is Cc1cc(CCCC(=O)OCCO)cc(C(C)(C)C)c1. The minimum atomic E-state index is -0.234. The van der Waals surface area contributed by atoms with Crippen molar-refractivity contribution < 1.29 is 14.6 Å². The standard InChI is InChI=1S/C17H26O3/c1-13-10-14(12-15(11-13)17(2,3)4)6-5-7-16(19)20-9-8-18/h10-12,18H,5-9H2,1-4H3. The number of rotatable bonds is 6. The molecule has 0 atom stereocenters. The summed E-state index contributed by atoms with van der Waals surface area (Å²) in [6, 6.07) is 6.62. The molecule has 0 bridgehead atoms. The van der Waals surface area contributed by atoms with Gasteiger partial charge in [0.15, 0.2) is 0 Å². The molecule has 0 heterocycles. The van der Waals surface area contributed by atoms with E-state index in [-0.39, 0.29) is 24.6 Å². The van der Waals surface area contributed by atoms with E-state index in [2.05, 4.69) is 45.9 Å². The molecule has 0 saturated heterocycles. The average Bonchev–Trinajstić information content (AvgIpc) is 2.34. The van der Waals surface area contributed by atoms with E-state index in [1.54, 1.807) is 0 Å². The molecule has 0 aliphatic carbocycles. The molecule has 0 radical (unpaired) electrons. The number of benzene rings is 1. The van der Waals surface area contributed by atoms with Crippen LogP contribution >= 0.6 is 0 Å². The highest BCUT2D eigenvalue weighted by atomic mass is 16.5. The molecule has 0 aliphatic heterocycles. The van der Waals surface area contributed by atoms with Gasteiger partial charge < -0.3 is 9.84 Å². The first-order valence-corrected chi connectivity index (χ1v) is 7.20. The summed E-state index contributed by atoms with van der Waals surface area (Å²) in [6.45, 7) is 8.71. The van der Waals surface area contributed by atoms with Crippen molar-refractivity contribution in [2.45, 2.75) is 52.4 Å². The maximum absolute atomic E-state index is 11.4. The number of esters is 1. The van der Waals surface area contributed by atoms with Crippen LogP contribution < -0.4 is 0 Å². The van der Waals surface area contributed by atoms with Crippen LogP contribution in [0.1, 0.15) is 50.3 Å². The van der Waals surface area contributed by atoms with E-state index in [4.69, 9.17) is 9.84 Å². The number of hydrogen-bond donors (Lipinski definition) is 1. The molecule has 3 heteroatoms. The molecule has 1 aromatic rings. The average molecular weight is 278 g/mol. The number of aliphatic hydroxyl groups is 1. The molecule has 112 valence electrons. The number of hydrogen-bond acceptors (Lipinski definition) is 3. The summed E-state index contributed by atoms with van der Waals surface area (Å²) in [5.41, 5.74) is 4.00. The maximum Gasteiger partial charge on any atom is 0.305 e. The Morgan fingerprint density at radius 3 is 2.55 bits per heavy atom. The van der Waals surface area contributed by atoms with E-state index in [0.717, 1.165) is 12.8 Å². The van der Waals surface area contributed by atoms with Crippen LogP contribution in [0.15, 0.2) is 18.2 Å². The Labute approximate surface area is 122 Å². The van der Waals surface area contributed by atoms with Crippen molar-refractivity contribution in [3.63, 3.8) is 0 Å². The quantitative estimate of drug-likeness (QED) is 0.813. The fraction of sp³-hybridized carbons (Fsp3) is 0.588. The molecule has 20 heavy (non-hydrogen) atoms. The Kier molecular flexibility index (Phi) is 6.21. The number of carbonyl (C=O) groups excluding carboxylic acids is 1. The number of ether oxygens (including phenoxy) is 1. The lowest BCUT2D eigenvalue weighted by atomic mass is 9.84. The van der Waals surface area contributed by atoms with Gasteiger partial charge in [0.05, 0.1) is 6.61 Å².